The maximum atomic E-state index is 12.4. The first-order valence-corrected chi connectivity index (χ1v) is 8.02. The molecule has 1 saturated heterocycles. The number of rotatable bonds is 3. The van der Waals surface area contributed by atoms with Gasteiger partial charge in [0.05, 0.1) is 5.92 Å². The third-order valence-corrected chi connectivity index (χ3v) is 4.85. The maximum absolute atomic E-state index is 12.4. The zero-order valence-electron chi connectivity index (χ0n) is 17.2. The van der Waals surface area contributed by atoms with Crippen LogP contribution in [0.3, 0.4) is 0 Å². The Morgan fingerprint density at radius 2 is 1.56 bits per heavy atom. The summed E-state index contributed by atoms with van der Waals surface area (Å²) in [5.41, 5.74) is 4.53. The number of imide groups is 1. The van der Waals surface area contributed by atoms with Gasteiger partial charge in [-0.15, -0.1) is 0 Å². The van der Waals surface area contributed by atoms with Crippen molar-refractivity contribution in [1.82, 2.24) is 5.06 Å². The first-order valence-electron chi connectivity index (χ1n) is 8.02. The molecule has 1 N–H and O–H groups in total. The van der Waals surface area contributed by atoms with Crippen molar-refractivity contribution in [2.45, 2.75) is 18.8 Å². The van der Waals surface area contributed by atoms with Gasteiger partial charge in [-0.05, 0) is 28.7 Å². The van der Waals surface area contributed by atoms with Crippen LogP contribution in [0.25, 0.3) is 11.1 Å². The molecular formula is C19H17Li2NO5. The number of benzene rings is 2. The van der Waals surface area contributed by atoms with Gasteiger partial charge in [-0.3, -0.25) is 14.4 Å². The van der Waals surface area contributed by atoms with Crippen molar-refractivity contribution in [3.63, 3.8) is 0 Å². The predicted octanol–water partition coefficient (Wildman–Crippen LogP) is -2.59. The third-order valence-electron chi connectivity index (χ3n) is 4.85. The summed E-state index contributed by atoms with van der Waals surface area (Å²) in [6.07, 6.45) is -1.26. The number of fused-ring (bicyclic) bond motifs is 3. The fraction of sp³-hybridized carbons (Fsp3) is 0.211. The molecule has 6 nitrogen and oxygen atoms in total. The van der Waals surface area contributed by atoms with Gasteiger partial charge in [-0.2, -0.15) is 0 Å². The molecule has 27 heavy (non-hydrogen) atoms. The summed E-state index contributed by atoms with van der Waals surface area (Å²) >= 11 is 0. The Morgan fingerprint density at radius 1 is 1.04 bits per heavy atom. The average Bonchev–Trinajstić information content (AvgIpc) is 3.05. The third kappa shape index (κ3) is 3.72. The molecule has 1 aliphatic heterocycles. The van der Waals surface area contributed by atoms with Crippen LogP contribution >= 0.6 is 0 Å². The summed E-state index contributed by atoms with van der Waals surface area (Å²) < 4.78 is 0. The first-order chi connectivity index (χ1) is 12.1. The molecule has 2 aromatic carbocycles. The minimum atomic E-state index is -1.67. The van der Waals surface area contributed by atoms with Crippen molar-refractivity contribution in [2.75, 3.05) is 0 Å². The molecule has 0 spiro atoms. The number of hydrogen-bond acceptors (Lipinski definition) is 4. The summed E-state index contributed by atoms with van der Waals surface area (Å²) in [7, 11) is 0. The van der Waals surface area contributed by atoms with E-state index in [1.807, 2.05) is 36.4 Å². The Kier molecular flexibility index (Phi) is 6.62. The molecular weight excluding hydrogens is 336 g/mol. The fourth-order valence-electron chi connectivity index (χ4n) is 3.83. The monoisotopic (exact) mass is 353 g/mol. The Labute approximate surface area is 183 Å². The summed E-state index contributed by atoms with van der Waals surface area (Å²) in [4.78, 5) is 39.3. The predicted molar refractivity (Wildman–Crippen MR) is 89.6 cm³/mol. The Bertz CT molecular complexity index is 866. The van der Waals surface area contributed by atoms with Crippen molar-refractivity contribution < 1.29 is 64.9 Å². The van der Waals surface area contributed by atoms with Crippen LogP contribution in [0.4, 0.5) is 4.79 Å². The smallest absolute Gasteiger partial charge is 1.00 e. The SMILES string of the molecule is O=C(O)ON1C(=O)CC(CC2c3ccccc3-c3ccccc32)C1=O.[H-].[H-].[Li+].[Li+]. The quantitative estimate of drug-likeness (QED) is 0.484. The number of carbonyl (C=O) groups is 3. The maximum Gasteiger partial charge on any atom is 1.00 e. The molecule has 0 radical (unpaired) electrons. The van der Waals surface area contributed by atoms with Gasteiger partial charge in [-0.25, -0.2) is 4.79 Å². The zero-order valence-corrected chi connectivity index (χ0v) is 15.2. The van der Waals surface area contributed by atoms with E-state index in [2.05, 4.69) is 17.0 Å². The first kappa shape index (κ1) is 21.3. The molecule has 4 rings (SSSR count). The number of amides is 2. The summed E-state index contributed by atoms with van der Waals surface area (Å²) in [6.45, 7) is 0. The molecule has 8 heteroatoms. The Hall–Kier alpha value is -1.96. The van der Waals surface area contributed by atoms with E-state index < -0.39 is 23.9 Å². The minimum absolute atomic E-state index is 0. The van der Waals surface area contributed by atoms with Gasteiger partial charge >= 0.3 is 43.9 Å². The molecule has 0 bridgehead atoms. The van der Waals surface area contributed by atoms with Crippen molar-refractivity contribution in [1.29, 1.82) is 0 Å². The van der Waals surface area contributed by atoms with Crippen LogP contribution < -0.4 is 37.7 Å². The zero-order chi connectivity index (χ0) is 17.6. The van der Waals surface area contributed by atoms with Gasteiger partial charge in [0.15, 0.2) is 0 Å². The van der Waals surface area contributed by atoms with Crippen molar-refractivity contribution >= 4 is 18.0 Å². The molecule has 1 unspecified atom stereocenters. The second-order valence-corrected chi connectivity index (χ2v) is 6.25. The van der Waals surface area contributed by atoms with Crippen LogP contribution in [0.2, 0.25) is 0 Å². The van der Waals surface area contributed by atoms with Gasteiger partial charge in [0.25, 0.3) is 11.8 Å². The van der Waals surface area contributed by atoms with E-state index in [4.69, 9.17) is 5.11 Å². The van der Waals surface area contributed by atoms with E-state index in [0.717, 1.165) is 22.3 Å². The van der Waals surface area contributed by atoms with Crippen molar-refractivity contribution in [3.05, 3.63) is 59.7 Å². The normalized spacial score (nSPS) is 17.6. The standard InChI is InChI=1S/C19H15NO5.2Li.2H/c21-17-10-11(18(22)20(17)25-19(23)24)9-16-14-7-3-1-5-12(14)13-6-2-4-8-15(13)16;;;;/h1-8,11,16H,9-10H2,(H,23,24);;;;/q;2*+1;2*-1. The van der Waals surface area contributed by atoms with Crippen LogP contribution in [0, 0.1) is 5.92 Å². The second-order valence-electron chi connectivity index (χ2n) is 6.25. The molecule has 1 atom stereocenters. The number of nitrogens with zero attached hydrogens (tertiary/aromatic N) is 1. The average molecular weight is 353 g/mol. The molecule has 0 aromatic heterocycles. The molecule has 0 saturated carbocycles. The molecule has 2 aliphatic rings. The number of hydroxylamine groups is 2. The van der Waals surface area contributed by atoms with Crippen LogP contribution in [0.5, 0.6) is 0 Å². The van der Waals surface area contributed by atoms with Crippen LogP contribution in [-0.4, -0.2) is 28.1 Å². The van der Waals surface area contributed by atoms with E-state index in [-0.39, 0.29) is 52.9 Å². The van der Waals surface area contributed by atoms with Gasteiger partial charge < -0.3 is 7.96 Å². The molecule has 130 valence electrons. The van der Waals surface area contributed by atoms with E-state index in [1.54, 1.807) is 0 Å². The van der Waals surface area contributed by atoms with Gasteiger partial charge in [0.2, 0.25) is 0 Å². The van der Waals surface area contributed by atoms with E-state index >= 15 is 0 Å². The molecule has 1 heterocycles. The van der Waals surface area contributed by atoms with Gasteiger partial charge in [0.1, 0.15) is 0 Å². The summed E-state index contributed by atoms with van der Waals surface area (Å²) in [5, 5.41) is 9.05. The topological polar surface area (TPSA) is 83.9 Å². The number of carboxylic acid groups (broad SMARTS) is 1. The van der Waals surface area contributed by atoms with Gasteiger partial charge in [-0.1, -0.05) is 53.6 Å². The van der Waals surface area contributed by atoms with Crippen molar-refractivity contribution in [2.24, 2.45) is 5.92 Å². The minimum Gasteiger partial charge on any atom is -1.00 e. The van der Waals surface area contributed by atoms with Crippen LogP contribution in [0.1, 0.15) is 32.7 Å². The Morgan fingerprint density at radius 3 is 2.07 bits per heavy atom. The molecule has 1 aliphatic carbocycles. The van der Waals surface area contributed by atoms with Crippen LogP contribution in [-0.2, 0) is 14.4 Å². The summed E-state index contributed by atoms with van der Waals surface area (Å²) in [6, 6.07) is 16.0. The Balaban J connectivity index is 0.00000196. The molecule has 2 amide bonds. The molecule has 2 aromatic rings. The number of hydrogen-bond donors (Lipinski definition) is 1. The van der Waals surface area contributed by atoms with Gasteiger partial charge in [0, 0.05) is 12.3 Å². The summed E-state index contributed by atoms with van der Waals surface area (Å²) in [5.74, 6) is -1.79. The second kappa shape index (κ2) is 8.38. The fourth-order valence-corrected chi connectivity index (χ4v) is 3.83. The number of carbonyl (C=O) groups excluding carboxylic acids is 2. The van der Waals surface area contributed by atoms with Crippen LogP contribution in [0.15, 0.2) is 48.5 Å². The van der Waals surface area contributed by atoms with E-state index in [9.17, 15) is 14.4 Å². The van der Waals surface area contributed by atoms with E-state index in [1.165, 1.54) is 0 Å². The molecule has 1 fully saturated rings. The van der Waals surface area contributed by atoms with E-state index in [0.29, 0.717) is 11.5 Å². The largest absolute Gasteiger partial charge is 1.00 e. The van der Waals surface area contributed by atoms with Crippen molar-refractivity contribution in [3.8, 4) is 11.1 Å².